The summed E-state index contributed by atoms with van der Waals surface area (Å²) in [5.74, 6) is 0.125. The first-order valence-corrected chi connectivity index (χ1v) is 27.8. The first-order chi connectivity index (χ1) is 23.1. The van der Waals surface area contributed by atoms with Crippen molar-refractivity contribution < 1.29 is 150 Å². The second-order valence-electron chi connectivity index (χ2n) is 12.1. The standard InChI is InChI=1S/C10H22O5Si2.3C6H6O.C4H14OSi2.C3H6O2.3CH3.3Y/c1-9(11)13-7-16(3,4)15-17(5,6)8-14-10(2)12;3*7-6-4-2-1-3-5-6;1-6(2)5-7(3)4;1-3(4)5-2;;;;;;/h7-8H2,1-6H3;3*1-5,7H;6-7H,1-4H3;1-2H3;3*1H3;;;/q;;;;;;3*-1;;;. The molecule has 18 heteroatoms. The number of rotatable bonds is 8. The van der Waals surface area contributed by atoms with Gasteiger partial charge in [-0.05, 0) is 88.8 Å². The Morgan fingerprint density at radius 2 is 0.732 bits per heavy atom. The van der Waals surface area contributed by atoms with Crippen molar-refractivity contribution in [3.8, 4) is 17.2 Å². The average molecular weight is 1080 g/mol. The zero-order valence-corrected chi connectivity index (χ0v) is 49.4. The molecular weight excluding hydrogens is 1010 g/mol. The summed E-state index contributed by atoms with van der Waals surface area (Å²) < 4.78 is 25.7. The van der Waals surface area contributed by atoms with Crippen molar-refractivity contribution in [1.82, 2.24) is 0 Å². The van der Waals surface area contributed by atoms with Crippen molar-refractivity contribution in [2.24, 2.45) is 0 Å². The van der Waals surface area contributed by atoms with Crippen LogP contribution in [0.3, 0.4) is 0 Å². The van der Waals surface area contributed by atoms with Gasteiger partial charge in [0.1, 0.15) is 29.7 Å². The number of phenolic OH excluding ortho intramolecular Hbond substituents is 3. The quantitative estimate of drug-likeness (QED) is 0.0863. The van der Waals surface area contributed by atoms with Gasteiger partial charge in [-0.25, -0.2) is 0 Å². The molecule has 0 fully saturated rings. The molecule has 0 unspecified atom stereocenters. The topological polar surface area (TPSA) is 158 Å². The molecule has 0 aromatic heterocycles. The Labute approximate surface area is 421 Å². The molecule has 0 heterocycles. The van der Waals surface area contributed by atoms with E-state index in [1.54, 1.807) is 72.8 Å². The van der Waals surface area contributed by atoms with Gasteiger partial charge < -0.3 is 60.0 Å². The number of para-hydroxylation sites is 3. The minimum absolute atomic E-state index is 0. The molecule has 0 bridgehead atoms. The van der Waals surface area contributed by atoms with Crippen LogP contribution in [0.1, 0.15) is 20.8 Å². The third-order valence-corrected chi connectivity index (χ3v) is 15.4. The van der Waals surface area contributed by atoms with Gasteiger partial charge in [0.2, 0.25) is 16.6 Å². The van der Waals surface area contributed by atoms with Gasteiger partial charge in [0.05, 0.1) is 7.11 Å². The van der Waals surface area contributed by atoms with E-state index in [1.165, 1.54) is 27.9 Å². The van der Waals surface area contributed by atoms with Gasteiger partial charge in [-0.1, -0.05) is 54.6 Å². The van der Waals surface area contributed by atoms with Crippen LogP contribution >= 0.6 is 0 Å². The second kappa shape index (κ2) is 47.2. The maximum atomic E-state index is 10.8. The Morgan fingerprint density at radius 1 is 0.518 bits per heavy atom. The van der Waals surface area contributed by atoms with E-state index < -0.39 is 34.7 Å². The van der Waals surface area contributed by atoms with E-state index >= 15 is 0 Å². The smallest absolute Gasteiger partial charge is 0.302 e. The molecule has 0 amide bonds. The van der Waals surface area contributed by atoms with Gasteiger partial charge in [0.25, 0.3) is 0 Å². The number of phenols is 3. The number of hydrogen-bond donors (Lipinski definition) is 3. The predicted octanol–water partition coefficient (Wildman–Crippen LogP) is 8.29. The van der Waals surface area contributed by atoms with E-state index in [9.17, 15) is 14.4 Å². The minimum atomic E-state index is -2.05. The molecular formula is C38H69O11Si4Y3-3. The van der Waals surface area contributed by atoms with E-state index in [2.05, 4.69) is 30.9 Å². The van der Waals surface area contributed by atoms with Gasteiger partial charge >= 0.3 is 17.9 Å². The number of benzene rings is 3. The molecule has 3 N–H and O–H groups in total. The van der Waals surface area contributed by atoms with E-state index in [0.29, 0.717) is 29.7 Å². The van der Waals surface area contributed by atoms with Crippen LogP contribution in [0.15, 0.2) is 91.0 Å². The fraction of sp³-hybridized carbons (Fsp3) is 0.368. The zero-order valence-electron chi connectivity index (χ0n) is 36.6. The molecule has 11 nitrogen and oxygen atoms in total. The predicted molar refractivity (Wildman–Crippen MR) is 229 cm³/mol. The van der Waals surface area contributed by atoms with Crippen molar-refractivity contribution in [1.29, 1.82) is 0 Å². The Kier molecular flexibility index (Phi) is 64.4. The number of ether oxygens (including phenoxy) is 3. The van der Waals surface area contributed by atoms with Gasteiger partial charge in [-0.2, -0.15) is 0 Å². The maximum absolute atomic E-state index is 10.8. The van der Waals surface area contributed by atoms with Crippen LogP contribution in [0, 0.1) is 22.3 Å². The third kappa shape index (κ3) is 65.4. The largest absolute Gasteiger partial charge is 0.508 e. The Hall–Kier alpha value is -0.431. The molecule has 0 saturated heterocycles. The minimum Gasteiger partial charge on any atom is -0.508 e. The molecule has 315 valence electrons. The molecule has 0 aliphatic carbocycles. The summed E-state index contributed by atoms with van der Waals surface area (Å²) in [5.41, 5.74) is 0. The van der Waals surface area contributed by atoms with E-state index in [-0.39, 0.29) is 138 Å². The van der Waals surface area contributed by atoms with Gasteiger partial charge in [-0.3, -0.25) is 14.4 Å². The molecule has 3 rings (SSSR count). The van der Waals surface area contributed by atoms with Gasteiger partial charge in [0, 0.05) is 119 Å². The fourth-order valence-electron chi connectivity index (χ4n) is 3.19. The summed E-state index contributed by atoms with van der Waals surface area (Å²) >= 11 is 0. The Bertz CT molecular complexity index is 1160. The van der Waals surface area contributed by atoms with Crippen LogP contribution in [0.4, 0.5) is 0 Å². The molecule has 0 atom stereocenters. The number of esters is 3. The maximum Gasteiger partial charge on any atom is 0.302 e. The summed E-state index contributed by atoms with van der Waals surface area (Å²) in [6, 6.07) is 26.1. The first kappa shape index (κ1) is 76.3. The molecule has 56 heavy (non-hydrogen) atoms. The van der Waals surface area contributed by atoms with Crippen molar-refractivity contribution >= 4 is 52.6 Å². The summed E-state index contributed by atoms with van der Waals surface area (Å²) in [5, 5.41) is 25.9. The molecule has 0 aliphatic heterocycles. The van der Waals surface area contributed by atoms with Crippen LogP contribution in [-0.4, -0.2) is 87.5 Å². The Morgan fingerprint density at radius 3 is 0.839 bits per heavy atom. The summed E-state index contributed by atoms with van der Waals surface area (Å²) in [4.78, 5) is 31.1. The van der Waals surface area contributed by atoms with Crippen LogP contribution < -0.4 is 0 Å². The normalized spacial score (nSPS) is 8.89. The van der Waals surface area contributed by atoms with Gasteiger partial charge in [0.15, 0.2) is 18.1 Å². The average Bonchev–Trinajstić information content (AvgIpc) is 3.01. The van der Waals surface area contributed by atoms with E-state index in [1.807, 2.05) is 44.4 Å². The van der Waals surface area contributed by atoms with Crippen molar-refractivity contribution in [3.05, 3.63) is 113 Å². The molecule has 0 aliphatic rings. The number of carbonyl (C=O) groups excluding carboxylic acids is 3. The molecule has 0 spiro atoms. The van der Waals surface area contributed by atoms with Crippen LogP contribution in [0.25, 0.3) is 0 Å². The molecule has 3 aromatic rings. The van der Waals surface area contributed by atoms with Crippen LogP contribution in [-0.2, 0) is 135 Å². The molecule has 3 radical (unpaired) electrons. The van der Waals surface area contributed by atoms with E-state index in [0.717, 1.165) is 0 Å². The summed E-state index contributed by atoms with van der Waals surface area (Å²) in [7, 11) is -4.08. The Balaban J connectivity index is -0.0000000698. The SMILES string of the molecule is CC(=O)OC[Si](C)(C)O[Si](C)(C)COC(C)=O.COC(C)=O.C[SiH](C)O[SiH](C)C.Oc1ccccc1.Oc1ccccc1.Oc1ccccc1.[CH3-].[CH3-].[CH3-].[Y].[Y].[Y]. The van der Waals surface area contributed by atoms with Gasteiger partial charge in [-0.15, -0.1) is 0 Å². The number of hydrogen-bond acceptors (Lipinski definition) is 11. The number of carbonyl (C=O) groups is 3. The van der Waals surface area contributed by atoms with Crippen LogP contribution in [0.5, 0.6) is 17.2 Å². The second-order valence-corrected chi connectivity index (χ2v) is 25.8. The van der Waals surface area contributed by atoms with Crippen molar-refractivity contribution in [2.45, 2.75) is 73.1 Å². The number of methoxy groups -OCH3 is 1. The van der Waals surface area contributed by atoms with Crippen molar-refractivity contribution in [3.63, 3.8) is 0 Å². The van der Waals surface area contributed by atoms with Crippen molar-refractivity contribution in [2.75, 3.05) is 19.6 Å². The molecule has 3 aromatic carbocycles. The number of aromatic hydroxyl groups is 3. The first-order valence-electron chi connectivity index (χ1n) is 16.0. The zero-order chi connectivity index (χ0) is 39.2. The third-order valence-electron chi connectivity index (χ3n) is 4.90. The van der Waals surface area contributed by atoms with E-state index in [4.69, 9.17) is 33.0 Å². The molecule has 0 saturated carbocycles. The summed E-state index contributed by atoms with van der Waals surface area (Å²) in [6.45, 7) is 20.9. The van der Waals surface area contributed by atoms with Crippen LogP contribution in [0.2, 0.25) is 52.4 Å². The monoisotopic (exact) mass is 1080 g/mol. The fourth-order valence-corrected chi connectivity index (χ4v) is 15.1. The summed E-state index contributed by atoms with van der Waals surface area (Å²) in [6.07, 6.45) is 0.664.